The number of fused-ring (bicyclic) bond motifs is 1. The maximum Gasteiger partial charge on any atom is 0.263 e. The van der Waals surface area contributed by atoms with Gasteiger partial charge in [-0.2, -0.15) is 0 Å². The van der Waals surface area contributed by atoms with E-state index in [1.165, 1.54) is 6.42 Å². The normalized spacial score (nSPS) is 17.2. The van der Waals surface area contributed by atoms with Crippen molar-refractivity contribution in [3.63, 3.8) is 0 Å². The molecule has 0 spiro atoms. The van der Waals surface area contributed by atoms with E-state index in [1.807, 2.05) is 32.0 Å². The lowest BCUT2D eigenvalue weighted by atomic mass is 9.90. The summed E-state index contributed by atoms with van der Waals surface area (Å²) in [6.45, 7) is 5.67. The van der Waals surface area contributed by atoms with Crippen LogP contribution in [0.25, 0.3) is 0 Å². The Morgan fingerprint density at radius 3 is 2.38 bits per heavy atom. The second-order valence-electron chi connectivity index (χ2n) is 8.26. The predicted molar refractivity (Wildman–Crippen MR) is 116 cm³/mol. The standard InChI is InChI=1S/C23H28N2O3S/c1-16-6-8-20(12-17(16)2)24-29(27,28)23-15-18-7-9-21(26)13-19(18)14-22(23)25-10-4-3-5-11-25/h6,8,12,14-15,24H,3-5,7,9-11,13H2,1-2H3. The van der Waals surface area contributed by atoms with Crippen molar-refractivity contribution in [2.24, 2.45) is 0 Å². The van der Waals surface area contributed by atoms with Crippen LogP contribution in [-0.2, 0) is 27.7 Å². The molecule has 4 rings (SSSR count). The van der Waals surface area contributed by atoms with Crippen molar-refractivity contribution in [3.8, 4) is 0 Å². The summed E-state index contributed by atoms with van der Waals surface area (Å²) in [4.78, 5) is 14.4. The molecular weight excluding hydrogens is 384 g/mol. The molecule has 0 amide bonds. The number of anilines is 2. The Morgan fingerprint density at radius 2 is 1.66 bits per heavy atom. The summed E-state index contributed by atoms with van der Waals surface area (Å²) in [5.74, 6) is 0.228. The number of piperidine rings is 1. The average molecular weight is 413 g/mol. The van der Waals surface area contributed by atoms with E-state index in [9.17, 15) is 13.2 Å². The molecule has 1 N–H and O–H groups in total. The molecule has 6 heteroatoms. The van der Waals surface area contributed by atoms with Crippen molar-refractivity contribution in [2.45, 2.75) is 57.3 Å². The summed E-state index contributed by atoms with van der Waals surface area (Å²) in [5.41, 5.74) is 5.43. The molecule has 1 saturated heterocycles. The van der Waals surface area contributed by atoms with Crippen LogP contribution in [0.15, 0.2) is 35.2 Å². The Bertz CT molecular complexity index is 1050. The molecule has 0 bridgehead atoms. The number of sulfonamides is 1. The van der Waals surface area contributed by atoms with Crippen LogP contribution in [0.3, 0.4) is 0 Å². The van der Waals surface area contributed by atoms with Crippen LogP contribution >= 0.6 is 0 Å². The Labute approximate surface area is 173 Å². The zero-order valence-corrected chi connectivity index (χ0v) is 17.9. The van der Waals surface area contributed by atoms with Gasteiger partial charge in [-0.25, -0.2) is 8.42 Å². The first-order chi connectivity index (χ1) is 13.8. The average Bonchev–Trinajstić information content (AvgIpc) is 2.70. The maximum absolute atomic E-state index is 13.4. The predicted octanol–water partition coefficient (Wildman–Crippen LogP) is 4.15. The van der Waals surface area contributed by atoms with E-state index in [-0.39, 0.29) is 5.78 Å². The minimum absolute atomic E-state index is 0.228. The fourth-order valence-corrected chi connectivity index (χ4v) is 5.55. The highest BCUT2D eigenvalue weighted by Gasteiger charge is 2.27. The Balaban J connectivity index is 1.77. The molecule has 0 unspecified atom stereocenters. The van der Waals surface area contributed by atoms with Crippen LogP contribution in [0.1, 0.15) is 47.9 Å². The van der Waals surface area contributed by atoms with Gasteiger partial charge in [0.15, 0.2) is 0 Å². The van der Waals surface area contributed by atoms with Crippen molar-refractivity contribution < 1.29 is 13.2 Å². The number of nitrogens with one attached hydrogen (secondary N) is 1. The second-order valence-corrected chi connectivity index (χ2v) is 9.91. The molecule has 154 valence electrons. The molecule has 1 heterocycles. The van der Waals surface area contributed by atoms with Gasteiger partial charge in [0.25, 0.3) is 10.0 Å². The molecule has 0 saturated carbocycles. The van der Waals surface area contributed by atoms with Crippen molar-refractivity contribution in [1.82, 2.24) is 0 Å². The van der Waals surface area contributed by atoms with Gasteiger partial charge < -0.3 is 4.90 Å². The lowest BCUT2D eigenvalue weighted by Crippen LogP contribution is -2.32. The van der Waals surface area contributed by atoms with E-state index in [0.717, 1.165) is 53.9 Å². The van der Waals surface area contributed by atoms with Crippen LogP contribution in [0.4, 0.5) is 11.4 Å². The zero-order valence-electron chi connectivity index (χ0n) is 17.1. The number of hydrogen-bond donors (Lipinski definition) is 1. The van der Waals surface area contributed by atoms with Gasteiger partial charge in [0.05, 0.1) is 5.69 Å². The summed E-state index contributed by atoms with van der Waals surface area (Å²) in [7, 11) is -3.75. The van der Waals surface area contributed by atoms with Crippen LogP contribution < -0.4 is 9.62 Å². The number of rotatable bonds is 4. The van der Waals surface area contributed by atoms with E-state index in [1.54, 1.807) is 12.1 Å². The van der Waals surface area contributed by atoms with E-state index in [2.05, 4.69) is 9.62 Å². The molecule has 5 nitrogen and oxygen atoms in total. The molecule has 2 aromatic rings. The number of Topliss-reactive ketones (excluding diaryl/α,β-unsaturated/α-hetero) is 1. The molecule has 1 aliphatic carbocycles. The highest BCUT2D eigenvalue weighted by molar-refractivity contribution is 7.92. The van der Waals surface area contributed by atoms with Gasteiger partial charge in [-0.3, -0.25) is 9.52 Å². The first kappa shape index (κ1) is 20.0. The van der Waals surface area contributed by atoms with E-state index in [0.29, 0.717) is 29.8 Å². The van der Waals surface area contributed by atoms with E-state index >= 15 is 0 Å². The zero-order chi connectivity index (χ0) is 20.6. The number of nitrogens with zero attached hydrogens (tertiary/aromatic N) is 1. The van der Waals surface area contributed by atoms with E-state index < -0.39 is 10.0 Å². The molecular formula is C23H28N2O3S. The van der Waals surface area contributed by atoms with Crippen LogP contribution in [-0.4, -0.2) is 27.3 Å². The first-order valence-electron chi connectivity index (χ1n) is 10.4. The SMILES string of the molecule is Cc1ccc(NS(=O)(=O)c2cc3c(cc2N2CCCCC2)CC(=O)CC3)cc1C. The maximum atomic E-state index is 13.4. The first-order valence-corrected chi connectivity index (χ1v) is 11.8. The molecule has 0 aromatic heterocycles. The molecule has 2 aromatic carbocycles. The number of ketones is 1. The molecule has 0 atom stereocenters. The summed E-state index contributed by atoms with van der Waals surface area (Å²) in [5, 5.41) is 0. The van der Waals surface area contributed by atoms with Crippen LogP contribution in [0.2, 0.25) is 0 Å². The summed E-state index contributed by atoms with van der Waals surface area (Å²) in [6, 6.07) is 9.35. The number of carbonyl (C=O) groups excluding carboxylic acids is 1. The summed E-state index contributed by atoms with van der Waals surface area (Å²) < 4.78 is 29.6. The monoisotopic (exact) mass is 412 g/mol. The second kappa shape index (κ2) is 7.82. The van der Waals surface area contributed by atoms with Crippen LogP contribution in [0.5, 0.6) is 0 Å². The Morgan fingerprint density at radius 1 is 0.897 bits per heavy atom. The van der Waals surface area contributed by atoms with Gasteiger partial charge in [0, 0.05) is 31.6 Å². The van der Waals surface area contributed by atoms with Gasteiger partial charge in [0.1, 0.15) is 10.7 Å². The number of hydrogen-bond acceptors (Lipinski definition) is 4. The smallest absolute Gasteiger partial charge is 0.263 e. The van der Waals surface area contributed by atoms with Crippen molar-refractivity contribution >= 4 is 27.2 Å². The number of benzene rings is 2. The summed E-state index contributed by atoms with van der Waals surface area (Å²) in [6.07, 6.45) is 4.78. The van der Waals surface area contributed by atoms with Gasteiger partial charge in [0.2, 0.25) is 0 Å². The van der Waals surface area contributed by atoms with Gasteiger partial charge in [-0.05, 0) is 86.1 Å². The largest absolute Gasteiger partial charge is 0.370 e. The van der Waals surface area contributed by atoms with Crippen molar-refractivity contribution in [3.05, 3.63) is 52.6 Å². The molecule has 2 aliphatic rings. The lowest BCUT2D eigenvalue weighted by molar-refractivity contribution is -0.118. The lowest BCUT2D eigenvalue weighted by Gasteiger charge is -2.32. The quantitative estimate of drug-likeness (QED) is 0.819. The number of carbonyl (C=O) groups is 1. The molecule has 1 fully saturated rings. The molecule has 1 aliphatic heterocycles. The summed E-state index contributed by atoms with van der Waals surface area (Å²) >= 11 is 0. The third-order valence-electron chi connectivity index (χ3n) is 6.09. The van der Waals surface area contributed by atoms with Crippen LogP contribution in [0, 0.1) is 13.8 Å². The Hall–Kier alpha value is -2.34. The highest BCUT2D eigenvalue weighted by atomic mass is 32.2. The highest BCUT2D eigenvalue weighted by Crippen LogP contribution is 2.34. The minimum atomic E-state index is -3.75. The third-order valence-corrected chi connectivity index (χ3v) is 7.50. The van der Waals surface area contributed by atoms with Gasteiger partial charge in [-0.15, -0.1) is 0 Å². The van der Waals surface area contributed by atoms with Crippen molar-refractivity contribution in [1.29, 1.82) is 0 Å². The van der Waals surface area contributed by atoms with Gasteiger partial charge >= 0.3 is 0 Å². The fraction of sp³-hybridized carbons (Fsp3) is 0.435. The van der Waals surface area contributed by atoms with E-state index in [4.69, 9.17) is 0 Å². The molecule has 0 radical (unpaired) electrons. The van der Waals surface area contributed by atoms with Gasteiger partial charge in [-0.1, -0.05) is 6.07 Å². The fourth-order valence-electron chi connectivity index (χ4n) is 4.24. The minimum Gasteiger partial charge on any atom is -0.370 e. The number of aryl methyl sites for hydroxylation is 3. The molecule has 29 heavy (non-hydrogen) atoms. The topological polar surface area (TPSA) is 66.5 Å². The third kappa shape index (κ3) is 4.17. The Kier molecular flexibility index (Phi) is 5.38. The van der Waals surface area contributed by atoms with Crippen molar-refractivity contribution in [2.75, 3.05) is 22.7 Å².